The van der Waals surface area contributed by atoms with Gasteiger partial charge >= 0.3 is 6.18 Å². The van der Waals surface area contributed by atoms with Crippen molar-refractivity contribution in [2.75, 3.05) is 7.11 Å². The summed E-state index contributed by atoms with van der Waals surface area (Å²) < 4.78 is 81.4. The largest absolute Gasteiger partial charge is 0.497 e. The summed E-state index contributed by atoms with van der Waals surface area (Å²) in [6.07, 6.45) is -1.57. The van der Waals surface area contributed by atoms with E-state index < -0.39 is 40.4 Å². The Kier molecular flexibility index (Phi) is 5.22. The summed E-state index contributed by atoms with van der Waals surface area (Å²) in [6, 6.07) is 8.12. The minimum atomic E-state index is -4.69. The monoisotopic (exact) mass is 489 g/mol. The first kappa shape index (κ1) is 22.8. The Hall–Kier alpha value is -4.02. The van der Waals surface area contributed by atoms with Crippen LogP contribution in [-0.4, -0.2) is 21.6 Å². The Balaban J connectivity index is 1.60. The number of hydrogen-bond donors (Lipinski definition) is 0. The molecule has 11 heteroatoms. The molecule has 1 aliphatic carbocycles. The molecule has 0 atom stereocenters. The molecule has 0 amide bonds. The molecule has 2 aromatic carbocycles. The molecule has 6 nitrogen and oxygen atoms in total. The van der Waals surface area contributed by atoms with Crippen LogP contribution in [0.5, 0.6) is 17.4 Å². The zero-order valence-electron chi connectivity index (χ0n) is 18.1. The van der Waals surface area contributed by atoms with Crippen LogP contribution in [0.1, 0.15) is 24.0 Å². The average molecular weight is 489 g/mol. The zero-order valence-corrected chi connectivity index (χ0v) is 18.1. The van der Waals surface area contributed by atoms with E-state index in [2.05, 4.69) is 9.97 Å². The van der Waals surface area contributed by atoms with E-state index in [1.165, 1.54) is 36.2 Å². The van der Waals surface area contributed by atoms with E-state index in [0.717, 1.165) is 30.5 Å². The lowest BCUT2D eigenvalue weighted by Crippen LogP contribution is -2.25. The minimum Gasteiger partial charge on any atom is -0.497 e. The highest BCUT2D eigenvalue weighted by atomic mass is 19.4. The molecule has 1 aliphatic rings. The second-order valence-electron chi connectivity index (χ2n) is 8.05. The van der Waals surface area contributed by atoms with Crippen molar-refractivity contribution in [3.05, 3.63) is 88.1 Å². The van der Waals surface area contributed by atoms with Gasteiger partial charge in [0.2, 0.25) is 5.88 Å². The molecule has 0 unspecified atom stereocenters. The fraction of sp³-hybridized carbons (Fsp3) is 0.208. The van der Waals surface area contributed by atoms with Crippen molar-refractivity contribution in [3.63, 3.8) is 0 Å². The fourth-order valence-electron chi connectivity index (χ4n) is 4.18. The Morgan fingerprint density at radius 2 is 1.71 bits per heavy atom. The number of hydrogen-bond acceptors (Lipinski definition) is 5. The maximum Gasteiger partial charge on any atom is 0.421 e. The van der Waals surface area contributed by atoms with Crippen molar-refractivity contribution in [2.24, 2.45) is 0 Å². The van der Waals surface area contributed by atoms with E-state index in [-0.39, 0.29) is 22.4 Å². The predicted molar refractivity (Wildman–Crippen MR) is 115 cm³/mol. The number of nitrogens with zero attached hydrogens (tertiary/aromatic N) is 3. The number of alkyl halides is 3. The van der Waals surface area contributed by atoms with Gasteiger partial charge in [0.25, 0.3) is 5.56 Å². The van der Waals surface area contributed by atoms with Gasteiger partial charge in [0.15, 0.2) is 0 Å². The molecule has 4 aromatic rings. The Morgan fingerprint density at radius 1 is 1.00 bits per heavy atom. The number of halogens is 5. The normalized spacial score (nSPS) is 14.7. The lowest BCUT2D eigenvalue weighted by atomic mass is 10.0. The topological polar surface area (TPSA) is 66.2 Å². The molecular weight excluding hydrogens is 473 g/mol. The Bertz CT molecular complexity index is 1490. The first-order valence-electron chi connectivity index (χ1n) is 10.4. The predicted octanol–water partition coefficient (Wildman–Crippen LogP) is 5.43. The summed E-state index contributed by atoms with van der Waals surface area (Å²) in [4.78, 5) is 20.0. The van der Waals surface area contributed by atoms with Gasteiger partial charge in [0.05, 0.1) is 23.6 Å². The lowest BCUT2D eigenvalue weighted by Gasteiger charge is -2.23. The van der Waals surface area contributed by atoms with Gasteiger partial charge in [-0.25, -0.2) is 13.8 Å². The number of rotatable bonds is 5. The van der Waals surface area contributed by atoms with Crippen LogP contribution in [0.25, 0.3) is 10.9 Å². The molecule has 2 heterocycles. The van der Waals surface area contributed by atoms with Crippen molar-refractivity contribution >= 4 is 10.9 Å². The summed E-state index contributed by atoms with van der Waals surface area (Å²) in [5.74, 6) is -2.34. The van der Waals surface area contributed by atoms with Crippen LogP contribution >= 0.6 is 0 Å². The van der Waals surface area contributed by atoms with Crippen molar-refractivity contribution in [1.29, 1.82) is 0 Å². The maximum atomic E-state index is 14.9. The number of aromatic nitrogens is 3. The second-order valence-corrected chi connectivity index (χ2v) is 8.05. The van der Waals surface area contributed by atoms with E-state index in [4.69, 9.17) is 9.47 Å². The highest BCUT2D eigenvalue weighted by molar-refractivity contribution is 5.80. The summed E-state index contributed by atoms with van der Waals surface area (Å²) in [5, 5.41) is 0.00935. The molecule has 0 radical (unpaired) electrons. The van der Waals surface area contributed by atoms with Crippen LogP contribution in [0, 0.1) is 11.6 Å². The minimum absolute atomic E-state index is 0.00935. The molecule has 1 saturated carbocycles. The average Bonchev–Trinajstić information content (AvgIpc) is 3.60. The Morgan fingerprint density at radius 3 is 2.34 bits per heavy atom. The van der Waals surface area contributed by atoms with Crippen LogP contribution in [-0.2, 0) is 11.7 Å². The van der Waals surface area contributed by atoms with E-state index in [1.807, 2.05) is 0 Å². The fourth-order valence-corrected chi connectivity index (χ4v) is 4.18. The van der Waals surface area contributed by atoms with E-state index in [0.29, 0.717) is 18.4 Å². The summed E-state index contributed by atoms with van der Waals surface area (Å²) in [5.41, 5.74) is -2.77. The van der Waals surface area contributed by atoms with E-state index in [1.54, 1.807) is 0 Å². The van der Waals surface area contributed by atoms with Gasteiger partial charge in [-0.3, -0.25) is 4.79 Å². The molecule has 2 aromatic heterocycles. The molecular formula is C24H16F5N3O3. The summed E-state index contributed by atoms with van der Waals surface area (Å²) in [7, 11) is 1.29. The molecule has 0 spiro atoms. The third kappa shape index (κ3) is 3.86. The third-order valence-corrected chi connectivity index (χ3v) is 5.94. The van der Waals surface area contributed by atoms with Crippen molar-refractivity contribution < 1.29 is 31.4 Å². The van der Waals surface area contributed by atoms with E-state index >= 15 is 0 Å². The van der Waals surface area contributed by atoms with Crippen LogP contribution in [0.2, 0.25) is 0 Å². The molecule has 35 heavy (non-hydrogen) atoms. The lowest BCUT2D eigenvalue weighted by molar-refractivity contribution is -0.138. The third-order valence-electron chi connectivity index (χ3n) is 5.94. The number of methoxy groups -OCH3 is 1. The highest BCUT2D eigenvalue weighted by Gasteiger charge is 2.50. The van der Waals surface area contributed by atoms with Crippen LogP contribution in [0.3, 0.4) is 0 Å². The number of ether oxygens (including phenoxy) is 2. The Labute approximate surface area is 194 Å². The SMILES string of the molecule is COc1cc(F)c(C2(n3cnc(=O)c4cc(Oc5ncccc5C(F)(F)F)ccc43)CC2)c(F)c1. The standard InChI is InChI=1S/C24H16F5N3O3/c1-34-14-10-17(25)20(18(26)11-14)23(6-7-23)32-12-31-21(33)15-9-13(4-5-19(15)32)35-22-16(24(27,28)29)3-2-8-30-22/h2-5,8-12H,6-7H2,1H3. The van der Waals surface area contributed by atoms with Gasteiger partial charge in [0.1, 0.15) is 35.0 Å². The second kappa shape index (κ2) is 8.03. The maximum absolute atomic E-state index is 14.9. The first-order chi connectivity index (χ1) is 16.6. The summed E-state index contributed by atoms with van der Waals surface area (Å²) >= 11 is 0. The summed E-state index contributed by atoms with van der Waals surface area (Å²) in [6.45, 7) is 0. The zero-order chi connectivity index (χ0) is 25.0. The molecule has 0 bridgehead atoms. The molecule has 0 saturated heterocycles. The van der Waals surface area contributed by atoms with E-state index in [9.17, 15) is 26.7 Å². The molecule has 0 aliphatic heterocycles. The van der Waals surface area contributed by atoms with Crippen molar-refractivity contribution in [3.8, 4) is 17.4 Å². The van der Waals surface area contributed by atoms with Crippen LogP contribution in [0.4, 0.5) is 22.0 Å². The number of fused-ring (bicyclic) bond motifs is 1. The number of pyridine rings is 1. The van der Waals surface area contributed by atoms with Crippen molar-refractivity contribution in [2.45, 2.75) is 24.6 Å². The molecule has 0 N–H and O–H groups in total. The van der Waals surface area contributed by atoms with Gasteiger partial charge in [-0.05, 0) is 43.2 Å². The smallest absolute Gasteiger partial charge is 0.421 e. The van der Waals surface area contributed by atoms with Crippen LogP contribution < -0.4 is 15.0 Å². The quantitative estimate of drug-likeness (QED) is 0.350. The van der Waals surface area contributed by atoms with Crippen molar-refractivity contribution in [1.82, 2.24) is 14.5 Å². The molecule has 5 rings (SSSR count). The first-order valence-corrected chi connectivity index (χ1v) is 10.4. The van der Waals surface area contributed by atoms with Gasteiger partial charge in [-0.2, -0.15) is 18.2 Å². The van der Waals surface area contributed by atoms with Gasteiger partial charge < -0.3 is 14.0 Å². The van der Waals surface area contributed by atoms with Gasteiger partial charge in [-0.1, -0.05) is 0 Å². The van der Waals surface area contributed by atoms with Gasteiger partial charge in [0, 0.05) is 23.9 Å². The molecule has 180 valence electrons. The van der Waals surface area contributed by atoms with Gasteiger partial charge in [-0.15, -0.1) is 0 Å². The molecule has 1 fully saturated rings. The highest BCUT2D eigenvalue weighted by Crippen LogP contribution is 2.52. The number of benzene rings is 2. The van der Waals surface area contributed by atoms with Crippen LogP contribution in [0.15, 0.2) is 59.8 Å².